The van der Waals surface area contributed by atoms with Crippen LogP contribution in [0.3, 0.4) is 0 Å². The topological polar surface area (TPSA) is 34.0 Å². The van der Waals surface area contributed by atoms with Gasteiger partial charge < -0.3 is 9.88 Å². The Hall–Kier alpha value is -0.820. The van der Waals surface area contributed by atoms with Crippen molar-refractivity contribution >= 4 is 50.1 Å². The van der Waals surface area contributed by atoms with E-state index in [-0.39, 0.29) is 5.91 Å². The molecular weight excluding hydrogens is 419 g/mol. The molecule has 1 heterocycles. The highest BCUT2D eigenvalue weighted by Gasteiger charge is 2.11. The third-order valence-corrected chi connectivity index (χ3v) is 5.04. The summed E-state index contributed by atoms with van der Waals surface area (Å²) in [4.78, 5) is 12.2. The fraction of sp³-hybridized carbons (Fsp3) is 0.214. The lowest BCUT2D eigenvalue weighted by Crippen LogP contribution is -2.16. The van der Waals surface area contributed by atoms with Gasteiger partial charge in [0, 0.05) is 26.5 Å². The second-order valence-corrected chi connectivity index (χ2v) is 6.19. The molecule has 1 N–H and O–H groups in total. The first-order valence-corrected chi connectivity index (χ1v) is 7.90. The van der Waals surface area contributed by atoms with Crippen LogP contribution in [-0.4, -0.2) is 10.5 Å². The molecule has 100 valence electrons. The molecule has 0 atom stereocenters. The summed E-state index contributed by atoms with van der Waals surface area (Å²) in [5.74, 6) is -0.0773. The Labute approximate surface area is 134 Å². The number of hydrogen-bond donors (Lipinski definition) is 1. The highest BCUT2D eigenvalue weighted by atomic mass is 127. The number of nitrogens with one attached hydrogen (secondary N) is 1. The number of aryl methyl sites for hydroxylation is 1. The molecule has 3 nitrogen and oxygen atoms in total. The van der Waals surface area contributed by atoms with Crippen LogP contribution in [0.1, 0.15) is 23.8 Å². The van der Waals surface area contributed by atoms with Crippen molar-refractivity contribution in [1.82, 2.24) is 4.57 Å². The Morgan fingerprint density at radius 3 is 2.89 bits per heavy atom. The van der Waals surface area contributed by atoms with E-state index in [0.717, 1.165) is 26.7 Å². The van der Waals surface area contributed by atoms with Crippen LogP contribution in [0.25, 0.3) is 0 Å². The van der Waals surface area contributed by atoms with E-state index in [1.165, 1.54) is 0 Å². The highest BCUT2D eigenvalue weighted by molar-refractivity contribution is 14.1. The first kappa shape index (κ1) is 14.6. The molecule has 0 aliphatic heterocycles. The molecule has 1 aromatic carbocycles. The van der Waals surface area contributed by atoms with Gasteiger partial charge in [0.1, 0.15) is 5.69 Å². The van der Waals surface area contributed by atoms with Crippen LogP contribution >= 0.6 is 38.5 Å². The molecule has 0 spiro atoms. The van der Waals surface area contributed by atoms with E-state index in [1.54, 1.807) is 0 Å². The Morgan fingerprint density at radius 1 is 1.42 bits per heavy atom. The molecule has 5 heteroatoms. The lowest BCUT2D eigenvalue weighted by Gasteiger charge is -2.09. The number of anilines is 1. The van der Waals surface area contributed by atoms with Crippen LogP contribution in [0.2, 0.25) is 0 Å². The Kier molecular flexibility index (Phi) is 5.04. The summed E-state index contributed by atoms with van der Waals surface area (Å²) in [6.07, 6.45) is 2.94. The number of rotatable bonds is 4. The van der Waals surface area contributed by atoms with Crippen molar-refractivity contribution in [3.8, 4) is 0 Å². The number of benzene rings is 1. The first-order valence-electron chi connectivity index (χ1n) is 6.03. The summed E-state index contributed by atoms with van der Waals surface area (Å²) in [6.45, 7) is 2.95. The summed E-state index contributed by atoms with van der Waals surface area (Å²) in [5.41, 5.74) is 1.48. The molecule has 1 aromatic heterocycles. The molecule has 2 aromatic rings. The standard InChI is InChI=1S/C14H14BrIN2O/c1-2-7-18-8-3-4-13(18)14(19)17-10-5-6-12(16)11(15)9-10/h3-6,8-9H,2,7H2,1H3,(H,17,19). The molecular formula is C14H14BrIN2O. The Bertz CT molecular complexity index is 595. The lowest BCUT2D eigenvalue weighted by molar-refractivity contribution is 0.101. The van der Waals surface area contributed by atoms with Crippen LogP contribution in [0, 0.1) is 3.57 Å². The van der Waals surface area contributed by atoms with Gasteiger partial charge in [0.05, 0.1) is 0 Å². The third kappa shape index (κ3) is 3.60. The van der Waals surface area contributed by atoms with E-state index in [9.17, 15) is 4.79 Å². The number of halogens is 2. The van der Waals surface area contributed by atoms with E-state index in [1.807, 2.05) is 41.1 Å². The maximum Gasteiger partial charge on any atom is 0.272 e. The van der Waals surface area contributed by atoms with Crippen LogP contribution in [0.15, 0.2) is 41.0 Å². The van der Waals surface area contributed by atoms with E-state index < -0.39 is 0 Å². The largest absolute Gasteiger partial charge is 0.344 e. The molecule has 2 rings (SSSR count). The van der Waals surface area contributed by atoms with Gasteiger partial charge in [-0.05, 0) is 75.3 Å². The number of aromatic nitrogens is 1. The maximum atomic E-state index is 12.2. The summed E-state index contributed by atoms with van der Waals surface area (Å²) in [5, 5.41) is 2.92. The van der Waals surface area contributed by atoms with Gasteiger partial charge in [-0.15, -0.1) is 0 Å². The quantitative estimate of drug-likeness (QED) is 0.708. The Balaban J connectivity index is 2.16. The third-order valence-electron chi connectivity index (χ3n) is 2.70. The number of nitrogens with zero attached hydrogens (tertiary/aromatic N) is 1. The fourth-order valence-electron chi connectivity index (χ4n) is 1.83. The summed E-state index contributed by atoms with van der Waals surface area (Å²) in [6, 6.07) is 9.51. The van der Waals surface area contributed by atoms with Crippen LogP contribution in [-0.2, 0) is 6.54 Å². The minimum atomic E-state index is -0.0773. The van der Waals surface area contributed by atoms with Crippen LogP contribution < -0.4 is 5.32 Å². The summed E-state index contributed by atoms with van der Waals surface area (Å²) >= 11 is 5.70. The molecule has 0 saturated carbocycles. The lowest BCUT2D eigenvalue weighted by atomic mass is 10.3. The van der Waals surface area contributed by atoms with Gasteiger partial charge in [0.15, 0.2) is 0 Å². The Morgan fingerprint density at radius 2 is 2.21 bits per heavy atom. The average molecular weight is 433 g/mol. The molecule has 0 fully saturated rings. The molecule has 0 radical (unpaired) electrons. The fourth-order valence-corrected chi connectivity index (χ4v) is 2.54. The van der Waals surface area contributed by atoms with Gasteiger partial charge >= 0.3 is 0 Å². The zero-order valence-corrected chi connectivity index (χ0v) is 14.2. The minimum absolute atomic E-state index is 0.0773. The monoisotopic (exact) mass is 432 g/mol. The van der Waals surface area contributed by atoms with Gasteiger partial charge in [0.2, 0.25) is 0 Å². The molecule has 0 bridgehead atoms. The highest BCUT2D eigenvalue weighted by Crippen LogP contribution is 2.23. The van der Waals surface area contributed by atoms with Crippen molar-refractivity contribution in [2.75, 3.05) is 5.32 Å². The average Bonchev–Trinajstić information content (AvgIpc) is 2.83. The zero-order valence-electron chi connectivity index (χ0n) is 10.5. The second-order valence-electron chi connectivity index (χ2n) is 4.17. The maximum absolute atomic E-state index is 12.2. The van der Waals surface area contributed by atoms with Crippen molar-refractivity contribution in [3.05, 3.63) is 50.3 Å². The SMILES string of the molecule is CCCn1cccc1C(=O)Nc1ccc(I)c(Br)c1. The molecule has 19 heavy (non-hydrogen) atoms. The molecule has 0 aliphatic carbocycles. The van der Waals surface area contributed by atoms with Gasteiger partial charge in [0.25, 0.3) is 5.91 Å². The predicted molar refractivity (Wildman–Crippen MR) is 89.5 cm³/mol. The molecule has 1 amide bonds. The van der Waals surface area contributed by atoms with Crippen molar-refractivity contribution in [3.63, 3.8) is 0 Å². The number of carbonyl (C=O) groups is 1. The predicted octanol–water partition coefficient (Wildman–Crippen LogP) is 4.52. The zero-order chi connectivity index (χ0) is 13.8. The van der Waals surface area contributed by atoms with Crippen molar-refractivity contribution in [2.24, 2.45) is 0 Å². The smallest absolute Gasteiger partial charge is 0.272 e. The van der Waals surface area contributed by atoms with Crippen molar-refractivity contribution < 1.29 is 4.79 Å². The van der Waals surface area contributed by atoms with Crippen LogP contribution in [0.5, 0.6) is 0 Å². The second kappa shape index (κ2) is 6.56. The van der Waals surface area contributed by atoms with Crippen molar-refractivity contribution in [1.29, 1.82) is 0 Å². The number of hydrogen-bond acceptors (Lipinski definition) is 1. The number of carbonyl (C=O) groups excluding carboxylic acids is 1. The number of amides is 1. The summed E-state index contributed by atoms with van der Waals surface area (Å²) in [7, 11) is 0. The first-order chi connectivity index (χ1) is 9.11. The van der Waals surface area contributed by atoms with Crippen molar-refractivity contribution in [2.45, 2.75) is 19.9 Å². The van der Waals surface area contributed by atoms with E-state index in [2.05, 4.69) is 50.8 Å². The minimum Gasteiger partial charge on any atom is -0.344 e. The summed E-state index contributed by atoms with van der Waals surface area (Å²) < 4.78 is 4.07. The molecule has 0 aliphatic rings. The normalized spacial score (nSPS) is 10.5. The van der Waals surface area contributed by atoms with E-state index >= 15 is 0 Å². The van der Waals surface area contributed by atoms with Crippen LogP contribution in [0.4, 0.5) is 5.69 Å². The molecule has 0 saturated heterocycles. The van der Waals surface area contributed by atoms with E-state index in [0.29, 0.717) is 5.69 Å². The van der Waals surface area contributed by atoms with Gasteiger partial charge in [-0.2, -0.15) is 0 Å². The van der Waals surface area contributed by atoms with E-state index in [4.69, 9.17) is 0 Å². The van der Waals surface area contributed by atoms with Gasteiger partial charge in [-0.25, -0.2) is 0 Å². The molecule has 0 unspecified atom stereocenters. The van der Waals surface area contributed by atoms with Gasteiger partial charge in [-0.1, -0.05) is 6.92 Å². The van der Waals surface area contributed by atoms with Gasteiger partial charge in [-0.3, -0.25) is 4.79 Å².